The van der Waals surface area contributed by atoms with Crippen molar-refractivity contribution in [1.29, 1.82) is 0 Å². The van der Waals surface area contributed by atoms with Crippen LogP contribution in [0, 0.1) is 6.92 Å². The lowest BCUT2D eigenvalue weighted by Gasteiger charge is -2.14. The third kappa shape index (κ3) is 0.981. The number of hydrogen-bond donors (Lipinski definition) is 0. The lowest BCUT2D eigenvalue weighted by atomic mass is 9.95. The van der Waals surface area contributed by atoms with Crippen molar-refractivity contribution >= 4 is 0 Å². The van der Waals surface area contributed by atoms with Crippen molar-refractivity contribution in [2.24, 2.45) is 0 Å². The fraction of sp³-hybridized carbons (Fsp3) is 0.267. The molecule has 4 rings (SSSR count). The molecule has 78 valence electrons. The van der Waals surface area contributed by atoms with E-state index in [1.165, 1.54) is 23.2 Å². The van der Waals surface area contributed by atoms with Crippen LogP contribution in [0.1, 0.15) is 29.5 Å². The number of pyridine rings is 1. The van der Waals surface area contributed by atoms with E-state index >= 15 is 0 Å². The predicted octanol–water partition coefficient (Wildman–Crippen LogP) is 2.99. The molecule has 2 aromatic rings. The van der Waals surface area contributed by atoms with E-state index in [9.17, 15) is 0 Å². The van der Waals surface area contributed by atoms with Gasteiger partial charge in [-0.05, 0) is 24.6 Å². The average molecular weight is 208 g/mol. The summed E-state index contributed by atoms with van der Waals surface area (Å²) in [6.07, 6.45) is 3.54. The molecule has 0 bridgehead atoms. The molecule has 1 aromatic heterocycles. The monoisotopic (exact) mass is 208 g/mol. The molecule has 1 saturated carbocycles. The minimum Gasteiger partial charge on any atom is -0.195 e. The lowest BCUT2D eigenvalue weighted by Crippen LogP contribution is -2.37. The smallest absolute Gasteiger partial charge is 0.195 e. The van der Waals surface area contributed by atoms with E-state index < -0.39 is 0 Å². The minimum atomic E-state index is 0.727. The second kappa shape index (κ2) is 2.73. The number of aromatic nitrogens is 1. The van der Waals surface area contributed by atoms with Gasteiger partial charge < -0.3 is 0 Å². The highest BCUT2D eigenvalue weighted by Crippen LogP contribution is 2.54. The summed E-state index contributed by atoms with van der Waals surface area (Å²) in [5.74, 6) is 0.773. The number of aryl methyl sites for hydroxylation is 1. The van der Waals surface area contributed by atoms with Crippen molar-refractivity contribution in [1.82, 2.24) is 0 Å². The standard InChI is InChI=1S/C15H14N/c1-10-5-6-11-12(8-10)13-9-15(13)16-7-3-2-4-14(11)16/h2-8,13,15H,9H2,1H3/q+1. The molecule has 0 saturated heterocycles. The first-order valence-corrected chi connectivity index (χ1v) is 5.96. The summed E-state index contributed by atoms with van der Waals surface area (Å²) >= 11 is 0. The van der Waals surface area contributed by atoms with E-state index in [-0.39, 0.29) is 0 Å². The van der Waals surface area contributed by atoms with E-state index in [0.717, 1.165) is 12.0 Å². The summed E-state index contributed by atoms with van der Waals surface area (Å²) in [6.45, 7) is 2.19. The van der Waals surface area contributed by atoms with E-state index in [2.05, 4.69) is 54.1 Å². The van der Waals surface area contributed by atoms with Crippen LogP contribution < -0.4 is 4.57 Å². The van der Waals surface area contributed by atoms with Crippen molar-refractivity contribution in [3.05, 3.63) is 53.7 Å². The molecule has 2 unspecified atom stereocenters. The van der Waals surface area contributed by atoms with Gasteiger partial charge in [0.25, 0.3) is 0 Å². The van der Waals surface area contributed by atoms with Crippen LogP contribution in [0.5, 0.6) is 0 Å². The molecule has 1 aliphatic carbocycles. The zero-order valence-electron chi connectivity index (χ0n) is 9.35. The minimum absolute atomic E-state index is 0.727. The van der Waals surface area contributed by atoms with Gasteiger partial charge in [0.05, 0.1) is 5.92 Å². The quantitative estimate of drug-likeness (QED) is 0.586. The third-order valence-electron chi connectivity index (χ3n) is 3.89. The molecule has 0 N–H and O–H groups in total. The normalized spacial score (nSPS) is 24.3. The first-order valence-electron chi connectivity index (χ1n) is 5.96. The highest BCUT2D eigenvalue weighted by Gasteiger charge is 2.52. The number of fused-ring (bicyclic) bond motifs is 6. The van der Waals surface area contributed by atoms with Gasteiger partial charge in [-0.2, -0.15) is 4.57 Å². The van der Waals surface area contributed by atoms with Gasteiger partial charge in [0, 0.05) is 24.1 Å². The maximum Gasteiger partial charge on any atom is 0.213 e. The van der Waals surface area contributed by atoms with Crippen molar-refractivity contribution < 1.29 is 4.57 Å². The van der Waals surface area contributed by atoms with Crippen LogP contribution in [0.2, 0.25) is 0 Å². The second-order valence-electron chi connectivity index (χ2n) is 4.99. The first-order chi connectivity index (χ1) is 7.84. The average Bonchev–Trinajstić information content (AvgIpc) is 3.09. The third-order valence-corrected chi connectivity index (χ3v) is 3.89. The lowest BCUT2D eigenvalue weighted by molar-refractivity contribution is -0.692. The van der Waals surface area contributed by atoms with Crippen molar-refractivity contribution in [2.45, 2.75) is 25.3 Å². The van der Waals surface area contributed by atoms with Crippen LogP contribution in [-0.2, 0) is 0 Å². The zero-order chi connectivity index (χ0) is 10.7. The van der Waals surface area contributed by atoms with Gasteiger partial charge in [0.1, 0.15) is 0 Å². The van der Waals surface area contributed by atoms with Crippen LogP contribution in [0.15, 0.2) is 42.6 Å². The Morgan fingerprint density at radius 1 is 1.19 bits per heavy atom. The van der Waals surface area contributed by atoms with E-state index in [0.29, 0.717) is 0 Å². The van der Waals surface area contributed by atoms with Crippen molar-refractivity contribution in [2.75, 3.05) is 0 Å². The Morgan fingerprint density at radius 3 is 3.06 bits per heavy atom. The fourth-order valence-electron chi connectivity index (χ4n) is 3.02. The zero-order valence-corrected chi connectivity index (χ0v) is 9.35. The molecule has 0 spiro atoms. The number of rotatable bonds is 0. The Bertz CT molecular complexity index is 586. The molecule has 0 radical (unpaired) electrons. The first kappa shape index (κ1) is 8.51. The Morgan fingerprint density at radius 2 is 2.12 bits per heavy atom. The van der Waals surface area contributed by atoms with Gasteiger partial charge in [-0.1, -0.05) is 17.7 Å². The molecule has 1 fully saturated rings. The van der Waals surface area contributed by atoms with Crippen molar-refractivity contribution in [3.63, 3.8) is 0 Å². The van der Waals surface area contributed by atoms with E-state index in [1.807, 2.05) is 0 Å². The number of benzene rings is 1. The second-order valence-corrected chi connectivity index (χ2v) is 4.99. The summed E-state index contributed by atoms with van der Waals surface area (Å²) < 4.78 is 2.45. The maximum atomic E-state index is 2.45. The van der Waals surface area contributed by atoms with Crippen LogP contribution in [0.3, 0.4) is 0 Å². The molecule has 1 aliphatic heterocycles. The Labute approximate surface area is 95.4 Å². The molecular formula is C15H14N+. The Kier molecular flexibility index (Phi) is 1.45. The summed E-state index contributed by atoms with van der Waals surface area (Å²) in [7, 11) is 0. The van der Waals surface area contributed by atoms with Gasteiger partial charge in [-0.3, -0.25) is 0 Å². The van der Waals surface area contributed by atoms with Gasteiger partial charge >= 0.3 is 0 Å². The maximum absolute atomic E-state index is 2.45. The molecule has 2 aliphatic rings. The van der Waals surface area contributed by atoms with Gasteiger partial charge in [0.2, 0.25) is 5.69 Å². The highest BCUT2D eigenvalue weighted by atomic mass is 15.1. The SMILES string of the molecule is Cc1ccc2c(c1)C1CC1[n+]1ccccc1-2. The van der Waals surface area contributed by atoms with Crippen LogP contribution in [-0.4, -0.2) is 0 Å². The number of nitrogens with zero attached hydrogens (tertiary/aromatic N) is 1. The van der Waals surface area contributed by atoms with Gasteiger partial charge in [-0.15, -0.1) is 0 Å². The molecule has 1 nitrogen and oxygen atoms in total. The largest absolute Gasteiger partial charge is 0.213 e. The molecule has 2 heterocycles. The molecule has 1 heteroatoms. The highest BCUT2D eigenvalue weighted by molar-refractivity contribution is 5.65. The summed E-state index contributed by atoms with van der Waals surface area (Å²) in [5, 5.41) is 0. The predicted molar refractivity (Wildman–Crippen MR) is 63.2 cm³/mol. The molecule has 16 heavy (non-hydrogen) atoms. The van der Waals surface area contributed by atoms with Gasteiger partial charge in [0.15, 0.2) is 12.2 Å². The van der Waals surface area contributed by atoms with Crippen LogP contribution >= 0.6 is 0 Å². The summed E-state index contributed by atoms with van der Waals surface area (Å²) in [6, 6.07) is 14.1. The fourth-order valence-corrected chi connectivity index (χ4v) is 3.02. The Hall–Kier alpha value is -1.63. The van der Waals surface area contributed by atoms with Crippen LogP contribution in [0.25, 0.3) is 11.3 Å². The molecule has 2 atom stereocenters. The summed E-state index contributed by atoms with van der Waals surface area (Å²) in [4.78, 5) is 0. The van der Waals surface area contributed by atoms with E-state index in [1.54, 1.807) is 5.56 Å². The van der Waals surface area contributed by atoms with Crippen molar-refractivity contribution in [3.8, 4) is 11.3 Å². The molecular weight excluding hydrogens is 194 g/mol. The topological polar surface area (TPSA) is 3.88 Å². The van der Waals surface area contributed by atoms with E-state index in [4.69, 9.17) is 0 Å². The molecule has 1 aromatic carbocycles. The number of hydrogen-bond acceptors (Lipinski definition) is 0. The Balaban J connectivity index is 2.06. The molecule has 0 amide bonds. The van der Waals surface area contributed by atoms with Gasteiger partial charge in [-0.25, -0.2) is 0 Å². The van der Waals surface area contributed by atoms with Crippen LogP contribution in [0.4, 0.5) is 0 Å². The summed E-state index contributed by atoms with van der Waals surface area (Å²) in [5.41, 5.74) is 5.77.